The third-order valence-corrected chi connectivity index (χ3v) is 1.33. The van der Waals surface area contributed by atoms with Crippen molar-refractivity contribution in [1.29, 1.82) is 0 Å². The second kappa shape index (κ2) is 1.99. The standard InChI is InChI=1S/C6H10N2/c1-5-6(2)8-4-3-7-5/h3-5,7H,1-2H3. The van der Waals surface area contributed by atoms with Crippen LogP contribution in [0.3, 0.4) is 0 Å². The summed E-state index contributed by atoms with van der Waals surface area (Å²) in [6.07, 6.45) is 3.63. The van der Waals surface area contributed by atoms with E-state index in [0.29, 0.717) is 6.04 Å². The highest BCUT2D eigenvalue weighted by Crippen LogP contribution is 1.93. The van der Waals surface area contributed by atoms with Gasteiger partial charge in [0.05, 0.1) is 6.04 Å². The van der Waals surface area contributed by atoms with Crippen molar-refractivity contribution in [1.82, 2.24) is 5.32 Å². The fourth-order valence-corrected chi connectivity index (χ4v) is 0.575. The third kappa shape index (κ3) is 0.886. The number of nitrogens with one attached hydrogen (secondary N) is 1. The molecule has 0 aromatic heterocycles. The minimum Gasteiger partial charge on any atom is -0.382 e. The van der Waals surface area contributed by atoms with Crippen molar-refractivity contribution in [2.45, 2.75) is 19.9 Å². The van der Waals surface area contributed by atoms with Crippen molar-refractivity contribution in [2.75, 3.05) is 0 Å². The molecule has 0 amide bonds. The van der Waals surface area contributed by atoms with E-state index in [2.05, 4.69) is 17.2 Å². The summed E-state index contributed by atoms with van der Waals surface area (Å²) in [7, 11) is 0. The van der Waals surface area contributed by atoms with Gasteiger partial charge in [-0.15, -0.1) is 0 Å². The van der Waals surface area contributed by atoms with Crippen LogP contribution in [-0.4, -0.2) is 11.8 Å². The Morgan fingerprint density at radius 1 is 1.75 bits per heavy atom. The van der Waals surface area contributed by atoms with Crippen LogP contribution in [-0.2, 0) is 0 Å². The second-order valence-electron chi connectivity index (χ2n) is 1.97. The zero-order chi connectivity index (χ0) is 5.98. The summed E-state index contributed by atoms with van der Waals surface area (Å²) in [5.41, 5.74) is 1.15. The lowest BCUT2D eigenvalue weighted by Gasteiger charge is -2.13. The molecule has 1 aliphatic heterocycles. The summed E-state index contributed by atoms with van der Waals surface area (Å²) in [5.74, 6) is 0. The summed E-state index contributed by atoms with van der Waals surface area (Å²) in [6, 6.07) is 0.417. The van der Waals surface area contributed by atoms with E-state index in [9.17, 15) is 0 Å². The molecule has 1 aliphatic rings. The summed E-state index contributed by atoms with van der Waals surface area (Å²) in [4.78, 5) is 4.08. The van der Waals surface area contributed by atoms with E-state index in [1.165, 1.54) is 0 Å². The van der Waals surface area contributed by atoms with Crippen LogP contribution in [0.5, 0.6) is 0 Å². The molecule has 0 aromatic carbocycles. The maximum Gasteiger partial charge on any atom is 0.0610 e. The van der Waals surface area contributed by atoms with Gasteiger partial charge in [-0.2, -0.15) is 0 Å². The molecule has 1 heterocycles. The van der Waals surface area contributed by atoms with Gasteiger partial charge in [0.25, 0.3) is 0 Å². The number of hydrogen-bond acceptors (Lipinski definition) is 2. The number of aliphatic imine (C=N–C) groups is 1. The van der Waals surface area contributed by atoms with Crippen molar-refractivity contribution in [3.05, 3.63) is 12.4 Å². The first-order chi connectivity index (χ1) is 3.80. The molecule has 44 valence electrons. The highest BCUT2D eigenvalue weighted by atomic mass is 15.0. The van der Waals surface area contributed by atoms with Gasteiger partial charge in [-0.25, -0.2) is 0 Å². The highest BCUT2D eigenvalue weighted by molar-refractivity contribution is 5.88. The van der Waals surface area contributed by atoms with Gasteiger partial charge in [0, 0.05) is 18.1 Å². The lowest BCUT2D eigenvalue weighted by Crippen LogP contribution is -2.29. The van der Waals surface area contributed by atoms with E-state index in [0.717, 1.165) is 5.71 Å². The van der Waals surface area contributed by atoms with E-state index in [4.69, 9.17) is 0 Å². The molecule has 0 fully saturated rings. The van der Waals surface area contributed by atoms with Crippen molar-refractivity contribution in [3.8, 4) is 0 Å². The Labute approximate surface area is 49.3 Å². The van der Waals surface area contributed by atoms with Crippen LogP contribution in [0.15, 0.2) is 17.4 Å². The van der Waals surface area contributed by atoms with Crippen LogP contribution in [0, 0.1) is 0 Å². The molecule has 0 aliphatic carbocycles. The van der Waals surface area contributed by atoms with E-state index >= 15 is 0 Å². The van der Waals surface area contributed by atoms with Gasteiger partial charge in [-0.05, 0) is 13.8 Å². The molecule has 0 radical (unpaired) electrons. The average molecular weight is 110 g/mol. The van der Waals surface area contributed by atoms with Crippen LogP contribution >= 0.6 is 0 Å². The van der Waals surface area contributed by atoms with Crippen LogP contribution in [0.4, 0.5) is 0 Å². The largest absolute Gasteiger partial charge is 0.382 e. The van der Waals surface area contributed by atoms with E-state index in [1.54, 1.807) is 6.20 Å². The second-order valence-corrected chi connectivity index (χ2v) is 1.97. The Kier molecular flexibility index (Phi) is 1.33. The first-order valence-electron chi connectivity index (χ1n) is 2.76. The minimum atomic E-state index is 0.417. The lowest BCUT2D eigenvalue weighted by atomic mass is 10.2. The number of nitrogens with zero attached hydrogens (tertiary/aromatic N) is 1. The molecule has 1 N–H and O–H groups in total. The summed E-state index contributed by atoms with van der Waals surface area (Å²) in [6.45, 7) is 4.10. The molecule has 0 aromatic rings. The third-order valence-electron chi connectivity index (χ3n) is 1.33. The van der Waals surface area contributed by atoms with Gasteiger partial charge >= 0.3 is 0 Å². The molecular formula is C6H10N2. The molecule has 0 saturated heterocycles. The number of rotatable bonds is 0. The molecule has 1 rings (SSSR count). The number of hydrogen-bond donors (Lipinski definition) is 1. The Morgan fingerprint density at radius 3 is 2.88 bits per heavy atom. The average Bonchev–Trinajstić information content (AvgIpc) is 1.77. The molecule has 0 saturated carbocycles. The smallest absolute Gasteiger partial charge is 0.0610 e. The van der Waals surface area contributed by atoms with Gasteiger partial charge in [0.2, 0.25) is 0 Å². The SMILES string of the molecule is CC1=NC=CNC1C. The predicted octanol–water partition coefficient (Wildman–Crippen LogP) is 0.910. The first-order valence-corrected chi connectivity index (χ1v) is 2.76. The van der Waals surface area contributed by atoms with Crippen LogP contribution in [0.25, 0.3) is 0 Å². The normalized spacial score (nSPS) is 26.8. The predicted molar refractivity (Wildman–Crippen MR) is 34.8 cm³/mol. The fraction of sp³-hybridized carbons (Fsp3) is 0.500. The summed E-state index contributed by atoms with van der Waals surface area (Å²) >= 11 is 0. The highest BCUT2D eigenvalue weighted by Gasteiger charge is 2.02. The van der Waals surface area contributed by atoms with Gasteiger partial charge in [-0.1, -0.05) is 0 Å². The molecule has 0 spiro atoms. The van der Waals surface area contributed by atoms with Gasteiger partial charge in [0.1, 0.15) is 0 Å². The van der Waals surface area contributed by atoms with Crippen molar-refractivity contribution < 1.29 is 0 Å². The van der Waals surface area contributed by atoms with Crippen LogP contribution < -0.4 is 5.32 Å². The maximum atomic E-state index is 4.08. The van der Waals surface area contributed by atoms with E-state index in [-0.39, 0.29) is 0 Å². The van der Waals surface area contributed by atoms with Gasteiger partial charge in [-0.3, -0.25) is 4.99 Å². The minimum absolute atomic E-state index is 0.417. The molecule has 8 heavy (non-hydrogen) atoms. The monoisotopic (exact) mass is 110 g/mol. The van der Waals surface area contributed by atoms with Crippen molar-refractivity contribution in [2.24, 2.45) is 4.99 Å². The Bertz CT molecular complexity index is 135. The first kappa shape index (κ1) is 5.35. The summed E-state index contributed by atoms with van der Waals surface area (Å²) < 4.78 is 0. The fourth-order valence-electron chi connectivity index (χ4n) is 0.575. The zero-order valence-corrected chi connectivity index (χ0v) is 5.18. The Balaban J connectivity index is 2.66. The van der Waals surface area contributed by atoms with E-state index in [1.807, 2.05) is 13.1 Å². The molecule has 2 nitrogen and oxygen atoms in total. The van der Waals surface area contributed by atoms with Gasteiger partial charge in [0.15, 0.2) is 0 Å². The molecule has 2 heteroatoms. The van der Waals surface area contributed by atoms with Crippen LogP contribution in [0.1, 0.15) is 13.8 Å². The topological polar surface area (TPSA) is 24.4 Å². The molecular weight excluding hydrogens is 100 g/mol. The summed E-state index contributed by atoms with van der Waals surface area (Å²) in [5, 5.41) is 3.12. The Morgan fingerprint density at radius 2 is 2.50 bits per heavy atom. The van der Waals surface area contributed by atoms with Gasteiger partial charge < -0.3 is 5.32 Å². The van der Waals surface area contributed by atoms with Crippen molar-refractivity contribution in [3.63, 3.8) is 0 Å². The molecule has 1 unspecified atom stereocenters. The molecule has 0 bridgehead atoms. The maximum absolute atomic E-state index is 4.08. The van der Waals surface area contributed by atoms with Crippen molar-refractivity contribution >= 4 is 5.71 Å². The zero-order valence-electron chi connectivity index (χ0n) is 5.18. The lowest BCUT2D eigenvalue weighted by molar-refractivity contribution is 0.787. The van der Waals surface area contributed by atoms with E-state index < -0.39 is 0 Å². The Hall–Kier alpha value is -0.790. The quantitative estimate of drug-likeness (QED) is 0.492. The molecule has 1 atom stereocenters. The van der Waals surface area contributed by atoms with Crippen LogP contribution in [0.2, 0.25) is 0 Å².